The monoisotopic (exact) mass is 354 g/mol. The minimum absolute atomic E-state index is 0.00665. The maximum absolute atomic E-state index is 12.5. The predicted molar refractivity (Wildman–Crippen MR) is 95.7 cm³/mol. The normalized spacial score (nSPS) is 24.8. The molecule has 2 aromatic rings. The van der Waals surface area contributed by atoms with Crippen molar-refractivity contribution in [3.63, 3.8) is 0 Å². The number of aliphatic hydroxyl groups excluding tert-OH is 1. The van der Waals surface area contributed by atoms with E-state index in [1.807, 2.05) is 37.4 Å². The van der Waals surface area contributed by atoms with E-state index in [2.05, 4.69) is 10.4 Å². The minimum atomic E-state index is -0.531. The van der Waals surface area contributed by atoms with Crippen molar-refractivity contribution in [1.82, 2.24) is 15.1 Å². The Morgan fingerprint density at radius 3 is 2.88 bits per heavy atom. The number of hydrogen-bond acceptors (Lipinski definition) is 4. The molecule has 0 radical (unpaired) electrons. The maximum atomic E-state index is 12.5. The van der Waals surface area contributed by atoms with Gasteiger partial charge in [-0.3, -0.25) is 14.3 Å². The van der Waals surface area contributed by atoms with Crippen molar-refractivity contribution in [3.8, 4) is 0 Å². The molecule has 26 heavy (non-hydrogen) atoms. The Morgan fingerprint density at radius 1 is 1.35 bits per heavy atom. The molecule has 1 saturated carbocycles. The summed E-state index contributed by atoms with van der Waals surface area (Å²) < 4.78 is 1.70. The Hall–Kier alpha value is -2.67. The first kappa shape index (κ1) is 16.8. The molecule has 1 aliphatic carbocycles. The molecule has 1 aromatic carbocycles. The van der Waals surface area contributed by atoms with Gasteiger partial charge in [-0.2, -0.15) is 5.10 Å². The first-order valence-corrected chi connectivity index (χ1v) is 8.89. The van der Waals surface area contributed by atoms with Gasteiger partial charge in [0.25, 0.3) is 0 Å². The summed E-state index contributed by atoms with van der Waals surface area (Å²) in [6.07, 6.45) is 4.67. The van der Waals surface area contributed by atoms with E-state index in [1.54, 1.807) is 15.8 Å². The molecule has 2 N–H and O–H groups in total. The molecular formula is C19H22N4O3. The topological polar surface area (TPSA) is 87.5 Å². The van der Waals surface area contributed by atoms with Crippen LogP contribution in [-0.2, 0) is 16.0 Å². The Labute approximate surface area is 151 Å². The average Bonchev–Trinajstić information content (AvgIpc) is 3.02. The number of amides is 2. The summed E-state index contributed by atoms with van der Waals surface area (Å²) in [5, 5.41) is 17.3. The number of aromatic nitrogens is 2. The number of aryl methyl sites for hydroxylation is 2. The Bertz CT molecular complexity index is 847. The van der Waals surface area contributed by atoms with Crippen molar-refractivity contribution < 1.29 is 14.7 Å². The molecule has 1 fully saturated rings. The van der Waals surface area contributed by atoms with Crippen molar-refractivity contribution in [2.75, 3.05) is 11.4 Å². The average molecular weight is 354 g/mol. The third-order valence-corrected chi connectivity index (χ3v) is 5.18. The van der Waals surface area contributed by atoms with Crippen LogP contribution in [0.1, 0.15) is 30.0 Å². The lowest BCUT2D eigenvalue weighted by Gasteiger charge is -2.42. The van der Waals surface area contributed by atoms with E-state index in [4.69, 9.17) is 0 Å². The van der Waals surface area contributed by atoms with E-state index < -0.39 is 6.10 Å². The van der Waals surface area contributed by atoms with E-state index in [-0.39, 0.29) is 30.4 Å². The number of nitrogens with zero attached hydrogens (tertiary/aromatic N) is 3. The molecule has 2 amide bonds. The van der Waals surface area contributed by atoms with Crippen LogP contribution in [0.5, 0.6) is 0 Å². The van der Waals surface area contributed by atoms with Gasteiger partial charge in [0.2, 0.25) is 11.8 Å². The molecule has 136 valence electrons. The van der Waals surface area contributed by atoms with Crippen LogP contribution in [0.4, 0.5) is 5.69 Å². The van der Waals surface area contributed by atoms with Crippen LogP contribution in [0, 0.1) is 6.92 Å². The molecule has 7 heteroatoms. The van der Waals surface area contributed by atoms with Gasteiger partial charge in [0.1, 0.15) is 6.54 Å². The number of fused-ring (bicyclic) bond motifs is 1. The molecular weight excluding hydrogens is 332 g/mol. The second-order valence-electron chi connectivity index (χ2n) is 7.07. The summed E-state index contributed by atoms with van der Waals surface area (Å²) in [7, 11) is 0. The lowest BCUT2D eigenvalue weighted by molar-refractivity contribution is -0.126. The number of aliphatic hydroxyl groups is 1. The third kappa shape index (κ3) is 2.99. The van der Waals surface area contributed by atoms with Gasteiger partial charge in [0.05, 0.1) is 24.4 Å². The predicted octanol–water partition coefficient (Wildman–Crippen LogP) is 0.961. The van der Waals surface area contributed by atoms with Gasteiger partial charge in [0, 0.05) is 18.3 Å². The van der Waals surface area contributed by atoms with Gasteiger partial charge < -0.3 is 15.3 Å². The lowest BCUT2D eigenvalue weighted by Crippen LogP contribution is -2.57. The quantitative estimate of drug-likeness (QED) is 0.856. The van der Waals surface area contributed by atoms with Crippen LogP contribution in [-0.4, -0.2) is 45.4 Å². The minimum Gasteiger partial charge on any atom is -0.391 e. The van der Waals surface area contributed by atoms with E-state index in [9.17, 15) is 14.7 Å². The zero-order valence-corrected chi connectivity index (χ0v) is 14.6. The number of para-hydroxylation sites is 1. The molecule has 1 aliphatic heterocycles. The second-order valence-corrected chi connectivity index (χ2v) is 7.07. The van der Waals surface area contributed by atoms with Gasteiger partial charge in [-0.1, -0.05) is 18.2 Å². The van der Waals surface area contributed by atoms with E-state index in [0.717, 1.165) is 16.8 Å². The third-order valence-electron chi connectivity index (χ3n) is 5.18. The number of rotatable bonds is 4. The van der Waals surface area contributed by atoms with Gasteiger partial charge >= 0.3 is 0 Å². The van der Waals surface area contributed by atoms with Crippen LogP contribution >= 0.6 is 0 Å². The number of anilines is 1. The van der Waals surface area contributed by atoms with Gasteiger partial charge in [0.15, 0.2) is 0 Å². The summed E-state index contributed by atoms with van der Waals surface area (Å²) >= 11 is 0. The summed E-state index contributed by atoms with van der Waals surface area (Å²) in [6, 6.07) is 7.23. The molecule has 0 spiro atoms. The largest absolute Gasteiger partial charge is 0.391 e. The molecule has 0 saturated heterocycles. The summed E-state index contributed by atoms with van der Waals surface area (Å²) in [5.41, 5.74) is 2.90. The summed E-state index contributed by atoms with van der Waals surface area (Å²) in [4.78, 5) is 26.4. The Morgan fingerprint density at radius 2 is 2.15 bits per heavy atom. The number of benzene rings is 1. The van der Waals surface area contributed by atoms with Crippen molar-refractivity contribution in [2.45, 2.75) is 44.4 Å². The van der Waals surface area contributed by atoms with Crippen molar-refractivity contribution in [2.24, 2.45) is 0 Å². The van der Waals surface area contributed by atoms with Gasteiger partial charge in [-0.25, -0.2) is 0 Å². The zero-order valence-electron chi connectivity index (χ0n) is 14.6. The fourth-order valence-corrected chi connectivity index (χ4v) is 3.78. The van der Waals surface area contributed by atoms with Crippen molar-refractivity contribution in [1.29, 1.82) is 0 Å². The van der Waals surface area contributed by atoms with Crippen LogP contribution < -0.4 is 10.2 Å². The summed E-state index contributed by atoms with van der Waals surface area (Å²) in [6.45, 7) is 1.93. The van der Waals surface area contributed by atoms with E-state index in [1.165, 1.54) is 0 Å². The molecule has 1 aromatic heterocycles. The number of carbonyl (C=O) groups excluding carboxylic acids is 2. The smallest absolute Gasteiger partial charge is 0.240 e. The molecule has 2 aliphatic rings. The van der Waals surface area contributed by atoms with Crippen LogP contribution in [0.3, 0.4) is 0 Å². The van der Waals surface area contributed by atoms with Gasteiger partial charge in [-0.15, -0.1) is 0 Å². The fraction of sp³-hybridized carbons (Fsp3) is 0.421. The highest BCUT2D eigenvalue weighted by Gasteiger charge is 2.43. The molecule has 7 nitrogen and oxygen atoms in total. The molecule has 0 unspecified atom stereocenters. The van der Waals surface area contributed by atoms with Crippen molar-refractivity contribution >= 4 is 17.5 Å². The van der Waals surface area contributed by atoms with E-state index in [0.29, 0.717) is 19.3 Å². The van der Waals surface area contributed by atoms with Crippen LogP contribution in [0.25, 0.3) is 0 Å². The van der Waals surface area contributed by atoms with Gasteiger partial charge in [-0.05, 0) is 37.0 Å². The highest BCUT2D eigenvalue weighted by Crippen LogP contribution is 2.33. The number of carbonyl (C=O) groups is 2. The Kier molecular flexibility index (Phi) is 4.24. The highest BCUT2D eigenvalue weighted by atomic mass is 16.3. The molecule has 3 atom stereocenters. The maximum Gasteiger partial charge on any atom is 0.240 e. The van der Waals surface area contributed by atoms with Crippen molar-refractivity contribution in [3.05, 3.63) is 47.8 Å². The Balaban J connectivity index is 1.44. The molecule has 2 heterocycles. The highest BCUT2D eigenvalue weighted by molar-refractivity contribution is 6.01. The summed E-state index contributed by atoms with van der Waals surface area (Å²) in [5.74, 6) is -0.257. The van der Waals surface area contributed by atoms with Crippen LogP contribution in [0.15, 0.2) is 36.7 Å². The number of hydrogen-bond donors (Lipinski definition) is 2. The first-order valence-electron chi connectivity index (χ1n) is 8.89. The molecule has 0 bridgehead atoms. The number of nitrogens with one attached hydrogen (secondary N) is 1. The lowest BCUT2D eigenvalue weighted by atomic mass is 9.83. The second kappa shape index (κ2) is 6.57. The van der Waals surface area contributed by atoms with Crippen LogP contribution in [0.2, 0.25) is 0 Å². The standard InChI is InChI=1S/C19H22N4O3/c1-12-9-20-23(10-12)19-14(8-16(19)24)21-17(25)11-22-15-5-3-2-4-13(15)6-7-18(22)26/h2-5,9-10,14,16,19,24H,6-8,11H2,1H3,(H,21,25)/t14-,16+,19+/m0/s1. The first-order chi connectivity index (χ1) is 12.5. The fourth-order valence-electron chi connectivity index (χ4n) is 3.78. The SMILES string of the molecule is Cc1cnn([C@H]2[C@H](O)C[C@@H]2NC(=O)CN2C(=O)CCc3ccccc32)c1. The zero-order chi connectivity index (χ0) is 18.3. The molecule has 4 rings (SSSR count). The van der Waals surface area contributed by atoms with E-state index >= 15 is 0 Å².